The number of methoxy groups -OCH3 is 1. The van der Waals surface area contributed by atoms with E-state index in [2.05, 4.69) is 9.72 Å². The highest BCUT2D eigenvalue weighted by molar-refractivity contribution is 6.68. The molecule has 0 saturated heterocycles. The van der Waals surface area contributed by atoms with E-state index >= 15 is 0 Å². The van der Waals surface area contributed by atoms with Crippen molar-refractivity contribution < 1.29 is 27.4 Å². The molecule has 0 aliphatic rings. The minimum atomic E-state index is -4.90. The maximum absolute atomic E-state index is 12.0. The van der Waals surface area contributed by atoms with Crippen molar-refractivity contribution >= 4 is 16.8 Å². The van der Waals surface area contributed by atoms with Gasteiger partial charge in [0.1, 0.15) is 0 Å². The van der Waals surface area contributed by atoms with Gasteiger partial charge in [0.05, 0.1) is 7.11 Å². The molecule has 1 rings (SSSR count). The Bertz CT molecular complexity index is 448. The molecule has 0 aromatic carbocycles. The third-order valence-electron chi connectivity index (χ3n) is 1.83. The van der Waals surface area contributed by atoms with Gasteiger partial charge in [0.2, 0.25) is 11.8 Å². The Morgan fingerprint density at radius 1 is 1.47 bits per heavy atom. The lowest BCUT2D eigenvalue weighted by Crippen LogP contribution is -2.18. The largest absolute Gasteiger partial charge is 0.574 e. The Balaban J connectivity index is 3.25. The number of aromatic nitrogens is 1. The number of carbonyl (C=O) groups is 1. The van der Waals surface area contributed by atoms with E-state index in [1.165, 1.54) is 14.0 Å². The standard InChI is InChI=1S/C9H7ClF3NO3/c1-4-5(7(10)15)3-6(14-8(4)16-2)17-9(11,12)13/h3H,1-2H3. The number of rotatable bonds is 3. The fraction of sp³-hybridized carbons (Fsp3) is 0.333. The van der Waals surface area contributed by atoms with Gasteiger partial charge in [-0.25, -0.2) is 0 Å². The van der Waals surface area contributed by atoms with Crippen LogP contribution in [0.5, 0.6) is 11.8 Å². The highest BCUT2D eigenvalue weighted by Crippen LogP contribution is 2.28. The Morgan fingerprint density at radius 2 is 2.06 bits per heavy atom. The van der Waals surface area contributed by atoms with Crippen LogP contribution in [0.3, 0.4) is 0 Å². The first-order valence-electron chi connectivity index (χ1n) is 4.26. The predicted octanol–water partition coefficient (Wildman–Crippen LogP) is 2.68. The van der Waals surface area contributed by atoms with Gasteiger partial charge in [0.15, 0.2) is 0 Å². The van der Waals surface area contributed by atoms with Crippen LogP contribution in [0.1, 0.15) is 15.9 Å². The summed E-state index contributed by atoms with van der Waals surface area (Å²) in [6.45, 7) is 1.44. The van der Waals surface area contributed by atoms with Crippen LogP contribution in [-0.4, -0.2) is 23.7 Å². The SMILES string of the molecule is COc1nc(OC(F)(F)F)cc(C(=O)Cl)c1C. The average Bonchev–Trinajstić information content (AvgIpc) is 2.17. The highest BCUT2D eigenvalue weighted by atomic mass is 35.5. The van der Waals surface area contributed by atoms with Gasteiger partial charge in [-0.15, -0.1) is 13.2 Å². The summed E-state index contributed by atoms with van der Waals surface area (Å²) >= 11 is 5.22. The fourth-order valence-corrected chi connectivity index (χ4v) is 1.33. The molecule has 0 radical (unpaired) electrons. The molecule has 0 bridgehead atoms. The van der Waals surface area contributed by atoms with Gasteiger partial charge in [-0.3, -0.25) is 4.79 Å². The lowest BCUT2D eigenvalue weighted by molar-refractivity contribution is -0.276. The van der Waals surface area contributed by atoms with E-state index in [1.54, 1.807) is 0 Å². The van der Waals surface area contributed by atoms with E-state index in [4.69, 9.17) is 16.3 Å². The van der Waals surface area contributed by atoms with Crippen molar-refractivity contribution in [3.8, 4) is 11.8 Å². The Kier molecular flexibility index (Phi) is 3.82. The minimum Gasteiger partial charge on any atom is -0.481 e. The van der Waals surface area contributed by atoms with Crippen LogP contribution in [0.25, 0.3) is 0 Å². The molecule has 0 atom stereocenters. The highest BCUT2D eigenvalue weighted by Gasteiger charge is 2.32. The van der Waals surface area contributed by atoms with E-state index < -0.39 is 17.5 Å². The second kappa shape index (κ2) is 4.79. The fourth-order valence-electron chi connectivity index (χ4n) is 1.14. The van der Waals surface area contributed by atoms with Gasteiger partial charge >= 0.3 is 6.36 Å². The summed E-state index contributed by atoms with van der Waals surface area (Å²) < 4.78 is 44.3. The van der Waals surface area contributed by atoms with Crippen molar-refractivity contribution in [3.63, 3.8) is 0 Å². The molecule has 4 nitrogen and oxygen atoms in total. The summed E-state index contributed by atoms with van der Waals surface area (Å²) in [7, 11) is 1.20. The Labute approximate surface area is 99.3 Å². The van der Waals surface area contributed by atoms with E-state index in [1.807, 2.05) is 0 Å². The van der Waals surface area contributed by atoms with Gasteiger partial charge in [0, 0.05) is 17.2 Å². The summed E-state index contributed by atoms with van der Waals surface area (Å²) in [5.41, 5.74) is 0.0831. The molecule has 1 aromatic heterocycles. The van der Waals surface area contributed by atoms with Crippen LogP contribution in [0, 0.1) is 6.92 Å². The number of carbonyl (C=O) groups excluding carboxylic acids is 1. The maximum atomic E-state index is 12.0. The number of hydrogen-bond acceptors (Lipinski definition) is 4. The quantitative estimate of drug-likeness (QED) is 0.792. The Hall–Kier alpha value is -1.50. The number of alkyl halides is 3. The van der Waals surface area contributed by atoms with Gasteiger partial charge in [0.25, 0.3) is 5.24 Å². The lowest BCUT2D eigenvalue weighted by Gasteiger charge is -2.12. The first-order chi connectivity index (χ1) is 7.74. The second-order valence-electron chi connectivity index (χ2n) is 2.96. The molecule has 1 aromatic rings. The molecule has 0 spiro atoms. The molecule has 0 unspecified atom stereocenters. The number of hydrogen-bond donors (Lipinski definition) is 0. The van der Waals surface area contributed by atoms with Crippen LogP contribution in [0.15, 0.2) is 6.07 Å². The minimum absolute atomic E-state index is 0.155. The number of ether oxygens (including phenoxy) is 2. The van der Waals surface area contributed by atoms with E-state index in [-0.39, 0.29) is 17.0 Å². The van der Waals surface area contributed by atoms with Gasteiger partial charge in [-0.1, -0.05) is 0 Å². The van der Waals surface area contributed by atoms with Crippen molar-refractivity contribution in [2.45, 2.75) is 13.3 Å². The maximum Gasteiger partial charge on any atom is 0.574 e. The monoisotopic (exact) mass is 269 g/mol. The molecule has 17 heavy (non-hydrogen) atoms. The molecule has 0 saturated carbocycles. The zero-order valence-corrected chi connectivity index (χ0v) is 9.52. The zero-order valence-electron chi connectivity index (χ0n) is 8.76. The third kappa shape index (κ3) is 3.48. The first kappa shape index (κ1) is 13.6. The molecule has 0 amide bonds. The van der Waals surface area contributed by atoms with Crippen LogP contribution in [0.2, 0.25) is 0 Å². The summed E-state index contributed by atoms with van der Waals surface area (Å²) in [5, 5.41) is -0.921. The van der Waals surface area contributed by atoms with Crippen LogP contribution >= 0.6 is 11.6 Å². The smallest absolute Gasteiger partial charge is 0.481 e. The van der Waals surface area contributed by atoms with Crippen LogP contribution in [-0.2, 0) is 0 Å². The summed E-state index contributed by atoms with van der Waals surface area (Å²) in [6.07, 6.45) is -4.90. The lowest BCUT2D eigenvalue weighted by atomic mass is 10.1. The first-order valence-corrected chi connectivity index (χ1v) is 4.63. The number of halogens is 4. The molecular formula is C9H7ClF3NO3. The van der Waals surface area contributed by atoms with E-state index in [0.29, 0.717) is 0 Å². The van der Waals surface area contributed by atoms with E-state index in [0.717, 1.165) is 6.07 Å². The molecule has 94 valence electrons. The van der Waals surface area contributed by atoms with Gasteiger partial charge < -0.3 is 9.47 Å². The number of pyridine rings is 1. The van der Waals surface area contributed by atoms with E-state index in [9.17, 15) is 18.0 Å². The van der Waals surface area contributed by atoms with Crippen molar-refractivity contribution in [2.75, 3.05) is 7.11 Å². The molecule has 0 fully saturated rings. The average molecular weight is 270 g/mol. The van der Waals surface area contributed by atoms with Crippen LogP contribution in [0.4, 0.5) is 13.2 Å². The summed E-state index contributed by atoms with van der Waals surface area (Å²) in [5.74, 6) is -0.959. The van der Waals surface area contributed by atoms with Crippen molar-refractivity contribution in [3.05, 3.63) is 17.2 Å². The van der Waals surface area contributed by atoms with Crippen molar-refractivity contribution in [1.82, 2.24) is 4.98 Å². The topological polar surface area (TPSA) is 48.4 Å². The normalized spacial score (nSPS) is 11.2. The molecule has 1 heterocycles. The second-order valence-corrected chi connectivity index (χ2v) is 3.31. The predicted molar refractivity (Wildman–Crippen MR) is 52.4 cm³/mol. The molecule has 8 heteroatoms. The molecular weight excluding hydrogens is 263 g/mol. The Morgan fingerprint density at radius 3 is 2.47 bits per heavy atom. The summed E-state index contributed by atoms with van der Waals surface area (Å²) in [6, 6.07) is 0.806. The van der Waals surface area contributed by atoms with Crippen molar-refractivity contribution in [1.29, 1.82) is 0 Å². The molecule has 0 aliphatic heterocycles. The molecule has 0 N–H and O–H groups in total. The zero-order chi connectivity index (χ0) is 13.2. The van der Waals surface area contributed by atoms with Crippen molar-refractivity contribution in [2.24, 2.45) is 0 Å². The summed E-state index contributed by atoms with van der Waals surface area (Å²) in [4.78, 5) is 14.4. The van der Waals surface area contributed by atoms with Gasteiger partial charge in [-0.2, -0.15) is 4.98 Å². The number of nitrogens with zero attached hydrogens (tertiary/aromatic N) is 1. The van der Waals surface area contributed by atoms with Gasteiger partial charge in [-0.05, 0) is 18.5 Å². The molecule has 0 aliphatic carbocycles. The third-order valence-corrected chi connectivity index (χ3v) is 2.03. The van der Waals surface area contributed by atoms with Crippen LogP contribution < -0.4 is 9.47 Å².